The number of benzene rings is 1. The average Bonchev–Trinajstić information content (AvgIpc) is 2.81. The molecule has 2 rings (SSSR count). The van der Waals surface area contributed by atoms with Crippen molar-refractivity contribution in [3.63, 3.8) is 0 Å². The summed E-state index contributed by atoms with van der Waals surface area (Å²) in [5.74, 6) is -2.48. The lowest BCUT2D eigenvalue weighted by Gasteiger charge is -1.96. The number of alkyl halides is 3. The van der Waals surface area contributed by atoms with Gasteiger partial charge in [0.15, 0.2) is 0 Å². The van der Waals surface area contributed by atoms with E-state index in [4.69, 9.17) is 9.90 Å². The van der Waals surface area contributed by atoms with Crippen LogP contribution in [0.25, 0.3) is 11.1 Å². The third kappa shape index (κ3) is 4.70. The summed E-state index contributed by atoms with van der Waals surface area (Å²) >= 11 is 0. The summed E-state index contributed by atoms with van der Waals surface area (Å²) in [7, 11) is 0. The molecule has 0 spiro atoms. The number of phenols is 1. The first-order valence-electron chi connectivity index (χ1n) is 4.89. The first-order valence-corrected chi connectivity index (χ1v) is 4.89. The number of phenolic OH excluding ortho intramolecular Hbond substituents is 1. The van der Waals surface area contributed by atoms with Crippen LogP contribution in [0.3, 0.4) is 0 Å². The number of aliphatic carboxylic acids is 1. The second-order valence-corrected chi connectivity index (χ2v) is 3.34. The van der Waals surface area contributed by atoms with Crippen LogP contribution in [0.5, 0.6) is 5.75 Å². The summed E-state index contributed by atoms with van der Waals surface area (Å²) in [6, 6.07) is 7.07. The highest BCUT2D eigenvalue weighted by Gasteiger charge is 2.38. The Morgan fingerprint density at radius 3 is 2.32 bits per heavy atom. The molecule has 1 aromatic carbocycles. The summed E-state index contributed by atoms with van der Waals surface area (Å²) < 4.78 is 31.7. The van der Waals surface area contributed by atoms with E-state index in [0.717, 1.165) is 11.1 Å². The van der Waals surface area contributed by atoms with Gasteiger partial charge in [0.05, 0.1) is 6.20 Å². The van der Waals surface area contributed by atoms with Crippen LogP contribution in [0, 0.1) is 0 Å². The van der Waals surface area contributed by atoms with Gasteiger partial charge in [0, 0.05) is 11.8 Å². The van der Waals surface area contributed by atoms with Crippen LogP contribution < -0.4 is 0 Å². The van der Waals surface area contributed by atoms with Gasteiger partial charge in [-0.25, -0.2) is 4.79 Å². The molecule has 0 aliphatic carbocycles. The predicted octanol–water partition coefficient (Wildman–Crippen LogP) is 2.42. The quantitative estimate of drug-likeness (QED) is 0.745. The predicted molar refractivity (Wildman–Crippen MR) is 59.4 cm³/mol. The van der Waals surface area contributed by atoms with Gasteiger partial charge in [-0.3, -0.25) is 5.10 Å². The van der Waals surface area contributed by atoms with E-state index < -0.39 is 12.1 Å². The number of hydrogen-bond acceptors (Lipinski definition) is 3. The standard InChI is InChI=1S/C9H8N2O.C2HF3O2/c12-9-3-1-2-7(4-9)8-5-10-11-6-8;3-2(4,5)1(6)7/h1-6,12H,(H,10,11);(H,6,7). The zero-order chi connectivity index (χ0) is 14.5. The minimum atomic E-state index is -5.08. The summed E-state index contributed by atoms with van der Waals surface area (Å²) in [4.78, 5) is 8.90. The van der Waals surface area contributed by atoms with Crippen LogP contribution in [0.2, 0.25) is 0 Å². The van der Waals surface area contributed by atoms with Crippen molar-refractivity contribution in [1.29, 1.82) is 0 Å². The Bertz CT molecular complexity index is 538. The summed E-state index contributed by atoms with van der Waals surface area (Å²) in [5, 5.41) is 22.8. The highest BCUT2D eigenvalue weighted by molar-refractivity contribution is 5.73. The Balaban J connectivity index is 0.000000224. The number of aromatic nitrogens is 2. The van der Waals surface area contributed by atoms with Gasteiger partial charge in [-0.2, -0.15) is 18.3 Å². The first kappa shape index (κ1) is 14.6. The van der Waals surface area contributed by atoms with Crippen molar-refractivity contribution in [3.05, 3.63) is 36.7 Å². The number of carboxylic acid groups (broad SMARTS) is 1. The second kappa shape index (κ2) is 5.89. The topological polar surface area (TPSA) is 86.2 Å². The Kier molecular flexibility index (Phi) is 4.51. The highest BCUT2D eigenvalue weighted by Crippen LogP contribution is 2.21. The van der Waals surface area contributed by atoms with Gasteiger partial charge in [0.25, 0.3) is 0 Å². The first-order chi connectivity index (χ1) is 8.80. The molecule has 102 valence electrons. The van der Waals surface area contributed by atoms with E-state index >= 15 is 0 Å². The molecular weight excluding hydrogens is 265 g/mol. The maximum atomic E-state index is 10.6. The van der Waals surface area contributed by atoms with Gasteiger partial charge < -0.3 is 10.2 Å². The summed E-state index contributed by atoms with van der Waals surface area (Å²) in [6.07, 6.45) is -1.58. The molecule has 0 saturated heterocycles. The molecule has 19 heavy (non-hydrogen) atoms. The lowest BCUT2D eigenvalue weighted by molar-refractivity contribution is -0.192. The van der Waals surface area contributed by atoms with Crippen molar-refractivity contribution in [2.45, 2.75) is 6.18 Å². The fourth-order valence-electron chi connectivity index (χ4n) is 1.09. The maximum Gasteiger partial charge on any atom is 0.490 e. The zero-order valence-electron chi connectivity index (χ0n) is 9.35. The van der Waals surface area contributed by atoms with Crippen molar-refractivity contribution in [2.24, 2.45) is 0 Å². The number of hydrogen-bond donors (Lipinski definition) is 3. The highest BCUT2D eigenvalue weighted by atomic mass is 19.4. The number of carbonyl (C=O) groups is 1. The number of rotatable bonds is 1. The molecule has 0 fully saturated rings. The van der Waals surface area contributed by atoms with Gasteiger partial charge in [-0.15, -0.1) is 0 Å². The Morgan fingerprint density at radius 1 is 1.26 bits per heavy atom. The molecule has 0 unspecified atom stereocenters. The number of carboxylic acids is 1. The lowest BCUT2D eigenvalue weighted by Crippen LogP contribution is -2.21. The van der Waals surface area contributed by atoms with Gasteiger partial charge in [-0.05, 0) is 17.7 Å². The van der Waals surface area contributed by atoms with Crippen molar-refractivity contribution in [2.75, 3.05) is 0 Å². The number of aromatic hydroxyl groups is 1. The van der Waals surface area contributed by atoms with Gasteiger partial charge >= 0.3 is 12.1 Å². The molecule has 8 heteroatoms. The van der Waals surface area contributed by atoms with Gasteiger partial charge in [0.1, 0.15) is 5.75 Å². The molecule has 0 aliphatic rings. The normalized spacial score (nSPS) is 10.5. The maximum absolute atomic E-state index is 10.6. The van der Waals surface area contributed by atoms with E-state index in [1.54, 1.807) is 30.6 Å². The van der Waals surface area contributed by atoms with E-state index in [-0.39, 0.29) is 5.75 Å². The number of nitrogens with zero attached hydrogens (tertiary/aromatic N) is 1. The van der Waals surface area contributed by atoms with Crippen molar-refractivity contribution >= 4 is 5.97 Å². The van der Waals surface area contributed by atoms with Crippen LogP contribution in [-0.4, -0.2) is 32.6 Å². The molecule has 0 saturated carbocycles. The molecular formula is C11H9F3N2O3. The fourth-order valence-corrected chi connectivity index (χ4v) is 1.09. The minimum absolute atomic E-state index is 0.272. The molecule has 5 nitrogen and oxygen atoms in total. The van der Waals surface area contributed by atoms with Crippen LogP contribution in [-0.2, 0) is 4.79 Å². The molecule has 3 N–H and O–H groups in total. The number of nitrogens with one attached hydrogen (secondary N) is 1. The van der Waals surface area contributed by atoms with E-state index in [0.29, 0.717) is 0 Å². The van der Waals surface area contributed by atoms with Gasteiger partial charge in [-0.1, -0.05) is 12.1 Å². The zero-order valence-corrected chi connectivity index (χ0v) is 9.35. The number of H-pyrrole nitrogens is 1. The van der Waals surface area contributed by atoms with Crippen LogP contribution in [0.15, 0.2) is 36.7 Å². The van der Waals surface area contributed by atoms with Gasteiger partial charge in [0.2, 0.25) is 0 Å². The lowest BCUT2D eigenvalue weighted by atomic mass is 10.1. The van der Waals surface area contributed by atoms with E-state index in [2.05, 4.69) is 10.2 Å². The fraction of sp³-hybridized carbons (Fsp3) is 0.0909. The third-order valence-corrected chi connectivity index (χ3v) is 1.92. The third-order valence-electron chi connectivity index (χ3n) is 1.92. The number of aromatic amines is 1. The SMILES string of the molecule is O=C(O)C(F)(F)F.Oc1cccc(-c2cn[nH]c2)c1. The monoisotopic (exact) mass is 274 g/mol. The van der Waals surface area contributed by atoms with Crippen molar-refractivity contribution in [3.8, 4) is 16.9 Å². The molecule has 0 aliphatic heterocycles. The smallest absolute Gasteiger partial charge is 0.490 e. The molecule has 0 bridgehead atoms. The van der Waals surface area contributed by atoms with Crippen molar-refractivity contribution < 1.29 is 28.2 Å². The average molecular weight is 274 g/mol. The molecule has 1 heterocycles. The van der Waals surface area contributed by atoms with E-state index in [1.807, 2.05) is 6.07 Å². The molecule has 0 atom stereocenters. The Labute approximate surface area is 105 Å². The largest absolute Gasteiger partial charge is 0.508 e. The van der Waals surface area contributed by atoms with Crippen LogP contribution >= 0.6 is 0 Å². The summed E-state index contributed by atoms with van der Waals surface area (Å²) in [5.41, 5.74) is 1.94. The Morgan fingerprint density at radius 2 is 1.89 bits per heavy atom. The molecule has 0 amide bonds. The molecule has 1 aromatic heterocycles. The summed E-state index contributed by atoms with van der Waals surface area (Å²) in [6.45, 7) is 0. The van der Waals surface area contributed by atoms with E-state index in [9.17, 15) is 18.3 Å². The van der Waals surface area contributed by atoms with Crippen LogP contribution in [0.4, 0.5) is 13.2 Å². The Hall–Kier alpha value is -2.51. The van der Waals surface area contributed by atoms with Crippen molar-refractivity contribution in [1.82, 2.24) is 10.2 Å². The molecule has 2 aromatic rings. The van der Waals surface area contributed by atoms with Crippen LogP contribution in [0.1, 0.15) is 0 Å². The minimum Gasteiger partial charge on any atom is -0.508 e. The second-order valence-electron chi connectivity index (χ2n) is 3.34. The van der Waals surface area contributed by atoms with E-state index in [1.165, 1.54) is 0 Å². The molecule has 0 radical (unpaired) electrons. The number of halogens is 3.